The number of hydrogen-bond acceptors (Lipinski definition) is 6. The van der Waals surface area contributed by atoms with Crippen LogP contribution >= 0.6 is 11.6 Å². The molecule has 0 saturated heterocycles. The van der Waals surface area contributed by atoms with Gasteiger partial charge in [-0.2, -0.15) is 0 Å². The number of rotatable bonds is 6. The zero-order valence-electron chi connectivity index (χ0n) is 17.1. The Morgan fingerprint density at radius 1 is 1.16 bits per heavy atom. The molecule has 158 valence electrons. The number of benzene rings is 1. The molecule has 0 saturated carbocycles. The highest BCUT2D eigenvalue weighted by Gasteiger charge is 2.27. The summed E-state index contributed by atoms with van der Waals surface area (Å²) in [4.78, 5) is 21.6. The molecule has 0 bridgehead atoms. The summed E-state index contributed by atoms with van der Waals surface area (Å²) >= 11 is 6.34. The number of anilines is 1. The zero-order valence-corrected chi connectivity index (χ0v) is 17.9. The number of esters is 1. The summed E-state index contributed by atoms with van der Waals surface area (Å²) in [6, 6.07) is 12.8. The van der Waals surface area contributed by atoms with Gasteiger partial charge in [-0.05, 0) is 55.0 Å². The van der Waals surface area contributed by atoms with Crippen molar-refractivity contribution < 1.29 is 14.3 Å². The van der Waals surface area contributed by atoms with Gasteiger partial charge in [-0.15, -0.1) is 0 Å². The molecule has 8 heteroatoms. The highest BCUT2D eigenvalue weighted by molar-refractivity contribution is 6.31. The van der Waals surface area contributed by atoms with Crippen LogP contribution in [-0.4, -0.2) is 34.2 Å². The number of carbonyl (C=O) groups is 1. The highest BCUT2D eigenvalue weighted by Crippen LogP contribution is 2.40. The smallest absolute Gasteiger partial charge is 0.355 e. The van der Waals surface area contributed by atoms with Crippen LogP contribution in [0.15, 0.2) is 54.9 Å². The van der Waals surface area contributed by atoms with E-state index in [1.165, 1.54) is 0 Å². The van der Waals surface area contributed by atoms with Crippen molar-refractivity contribution in [1.29, 1.82) is 0 Å². The maximum Gasteiger partial charge on any atom is 0.355 e. The van der Waals surface area contributed by atoms with Crippen molar-refractivity contribution in [3.63, 3.8) is 0 Å². The van der Waals surface area contributed by atoms with E-state index in [-0.39, 0.29) is 6.61 Å². The first-order valence-corrected chi connectivity index (χ1v) is 10.1. The van der Waals surface area contributed by atoms with Gasteiger partial charge < -0.3 is 19.8 Å². The maximum absolute atomic E-state index is 13.2. The van der Waals surface area contributed by atoms with Gasteiger partial charge in [0.05, 0.1) is 13.7 Å². The van der Waals surface area contributed by atoms with Crippen LogP contribution < -0.4 is 10.5 Å². The van der Waals surface area contributed by atoms with Crippen molar-refractivity contribution >= 4 is 34.3 Å². The zero-order chi connectivity index (χ0) is 22.0. The van der Waals surface area contributed by atoms with Crippen molar-refractivity contribution in [1.82, 2.24) is 14.5 Å². The third-order valence-electron chi connectivity index (χ3n) is 4.91. The van der Waals surface area contributed by atoms with Crippen molar-refractivity contribution in [2.45, 2.75) is 13.5 Å². The number of ether oxygens (including phenoxy) is 2. The van der Waals surface area contributed by atoms with Crippen molar-refractivity contribution in [3.8, 4) is 17.0 Å². The molecule has 0 aliphatic rings. The molecule has 0 fully saturated rings. The van der Waals surface area contributed by atoms with E-state index in [9.17, 15) is 4.79 Å². The van der Waals surface area contributed by atoms with E-state index in [0.29, 0.717) is 40.1 Å². The lowest BCUT2D eigenvalue weighted by atomic mass is 10.0. The van der Waals surface area contributed by atoms with Gasteiger partial charge >= 0.3 is 5.97 Å². The molecular formula is C23H21ClN4O3. The Hall–Kier alpha value is -3.58. The van der Waals surface area contributed by atoms with E-state index in [4.69, 9.17) is 26.8 Å². The second kappa shape index (κ2) is 8.65. The molecule has 0 spiro atoms. The lowest BCUT2D eigenvalue weighted by molar-refractivity contribution is 0.0516. The fourth-order valence-electron chi connectivity index (χ4n) is 3.69. The number of hydrogen-bond donors (Lipinski definition) is 1. The lowest BCUT2D eigenvalue weighted by Gasteiger charge is -2.13. The second-order valence-electron chi connectivity index (χ2n) is 6.84. The molecule has 2 N–H and O–H groups in total. The Morgan fingerprint density at radius 2 is 2.00 bits per heavy atom. The first-order valence-electron chi connectivity index (χ1n) is 9.72. The molecule has 3 aromatic heterocycles. The van der Waals surface area contributed by atoms with Gasteiger partial charge in [0.1, 0.15) is 11.5 Å². The molecule has 0 atom stereocenters. The predicted octanol–water partition coefficient (Wildman–Crippen LogP) is 4.57. The molecule has 0 aliphatic carbocycles. The van der Waals surface area contributed by atoms with Crippen LogP contribution in [0.1, 0.15) is 23.0 Å². The van der Waals surface area contributed by atoms with Gasteiger partial charge in [-0.3, -0.25) is 0 Å². The Balaban J connectivity index is 2.06. The van der Waals surface area contributed by atoms with Crippen LogP contribution in [0, 0.1) is 0 Å². The molecular weight excluding hydrogens is 416 g/mol. The minimum absolute atomic E-state index is 0.243. The molecule has 0 radical (unpaired) electrons. The highest BCUT2D eigenvalue weighted by atomic mass is 35.5. The number of aromatic nitrogens is 3. The normalized spacial score (nSPS) is 10.9. The molecule has 0 unspecified atom stereocenters. The summed E-state index contributed by atoms with van der Waals surface area (Å²) in [5, 5.41) is 1.35. The number of fused-ring (bicyclic) bond motifs is 1. The summed E-state index contributed by atoms with van der Waals surface area (Å²) in [6.07, 6.45) is 3.28. The number of methoxy groups -OCH3 is 1. The average Bonchev–Trinajstić information content (AvgIpc) is 3.07. The van der Waals surface area contributed by atoms with Gasteiger partial charge in [0, 0.05) is 46.0 Å². The van der Waals surface area contributed by atoms with Crippen molar-refractivity contribution in [2.24, 2.45) is 0 Å². The summed E-state index contributed by atoms with van der Waals surface area (Å²) in [5.74, 6) is 0.363. The van der Waals surface area contributed by atoms with E-state index in [0.717, 1.165) is 16.5 Å². The van der Waals surface area contributed by atoms with Crippen LogP contribution in [0.2, 0.25) is 5.02 Å². The van der Waals surface area contributed by atoms with Gasteiger partial charge in [0.15, 0.2) is 0 Å². The predicted molar refractivity (Wildman–Crippen MR) is 120 cm³/mol. The molecule has 7 nitrogen and oxygen atoms in total. The van der Waals surface area contributed by atoms with Gasteiger partial charge in [-0.1, -0.05) is 11.6 Å². The largest absolute Gasteiger partial charge is 0.481 e. The third-order valence-corrected chi connectivity index (χ3v) is 5.15. The Morgan fingerprint density at radius 3 is 2.74 bits per heavy atom. The first-order chi connectivity index (χ1) is 15.0. The van der Waals surface area contributed by atoms with E-state index >= 15 is 0 Å². The van der Waals surface area contributed by atoms with E-state index < -0.39 is 5.97 Å². The summed E-state index contributed by atoms with van der Waals surface area (Å²) in [7, 11) is 1.54. The van der Waals surface area contributed by atoms with Crippen LogP contribution in [0.4, 0.5) is 5.82 Å². The maximum atomic E-state index is 13.2. The third kappa shape index (κ3) is 3.92. The van der Waals surface area contributed by atoms with Gasteiger partial charge in [0.25, 0.3) is 0 Å². The van der Waals surface area contributed by atoms with Crippen LogP contribution in [0.3, 0.4) is 0 Å². The van der Waals surface area contributed by atoms with E-state index in [1.807, 2.05) is 28.8 Å². The molecule has 31 heavy (non-hydrogen) atoms. The monoisotopic (exact) mass is 436 g/mol. The van der Waals surface area contributed by atoms with Crippen molar-refractivity contribution in [2.75, 3.05) is 19.5 Å². The molecule has 0 aliphatic heterocycles. The number of nitrogen functional groups attached to an aromatic ring is 1. The SMILES string of the molecule is CCOC(=O)c1c(-c2cccnc2OC)c2cc(Cl)ccc2n1Cc1ccnc(N)c1. The van der Waals surface area contributed by atoms with Crippen molar-refractivity contribution in [3.05, 3.63) is 71.1 Å². The summed E-state index contributed by atoms with van der Waals surface area (Å²) in [6.45, 7) is 2.41. The van der Waals surface area contributed by atoms with Crippen LogP contribution in [0.5, 0.6) is 5.88 Å². The number of nitrogens with zero attached hydrogens (tertiary/aromatic N) is 3. The lowest BCUT2D eigenvalue weighted by Crippen LogP contribution is -2.14. The quantitative estimate of drug-likeness (QED) is 0.445. The standard InChI is InChI=1S/C23H21ClN4O3/c1-3-31-23(29)21-20(16-5-4-9-27-22(16)30-2)17-12-15(24)6-7-18(17)28(21)13-14-8-10-26-19(25)11-14/h4-12H,3,13H2,1-2H3,(H2,25,26). The molecule has 3 heterocycles. The minimum atomic E-state index is -0.447. The van der Waals surface area contributed by atoms with Gasteiger partial charge in [-0.25, -0.2) is 14.8 Å². The summed E-state index contributed by atoms with van der Waals surface area (Å²) in [5.41, 5.74) is 9.31. The number of carbonyl (C=O) groups excluding carboxylic acids is 1. The minimum Gasteiger partial charge on any atom is -0.481 e. The molecule has 4 aromatic rings. The second-order valence-corrected chi connectivity index (χ2v) is 7.28. The van der Waals surface area contributed by atoms with Crippen LogP contribution in [-0.2, 0) is 11.3 Å². The number of halogens is 1. The van der Waals surface area contributed by atoms with Crippen LogP contribution in [0.25, 0.3) is 22.0 Å². The average molecular weight is 437 g/mol. The fourth-order valence-corrected chi connectivity index (χ4v) is 3.87. The Labute approximate surface area is 184 Å². The molecule has 1 aromatic carbocycles. The number of pyridine rings is 2. The first kappa shape index (κ1) is 20.7. The summed E-state index contributed by atoms with van der Waals surface area (Å²) < 4.78 is 12.8. The fraction of sp³-hybridized carbons (Fsp3) is 0.174. The Kier molecular flexibility index (Phi) is 5.77. The molecule has 0 amide bonds. The van der Waals surface area contributed by atoms with Gasteiger partial charge in [0.2, 0.25) is 5.88 Å². The Bertz CT molecular complexity index is 1270. The van der Waals surface area contributed by atoms with E-state index in [1.54, 1.807) is 44.6 Å². The van der Waals surface area contributed by atoms with E-state index in [2.05, 4.69) is 9.97 Å². The topological polar surface area (TPSA) is 92.3 Å². The number of nitrogens with two attached hydrogens (primary N) is 1. The molecule has 4 rings (SSSR count).